The van der Waals surface area contributed by atoms with E-state index in [1.807, 2.05) is 37.2 Å². The Bertz CT molecular complexity index is 572. The first-order valence-electron chi connectivity index (χ1n) is 8.68. The molecule has 1 unspecified atom stereocenters. The summed E-state index contributed by atoms with van der Waals surface area (Å²) in [6, 6.07) is 5.86. The molecule has 1 aromatic rings. The van der Waals surface area contributed by atoms with E-state index in [0.29, 0.717) is 26.2 Å². The number of nitrogens with zero attached hydrogens (tertiary/aromatic N) is 2. The van der Waals surface area contributed by atoms with E-state index in [9.17, 15) is 4.79 Å². The summed E-state index contributed by atoms with van der Waals surface area (Å²) in [5.41, 5.74) is 1.05. The number of amides is 1. The summed E-state index contributed by atoms with van der Waals surface area (Å²) >= 11 is 0. The number of benzene rings is 1. The van der Waals surface area contributed by atoms with Crippen molar-refractivity contribution in [1.82, 2.24) is 9.96 Å². The minimum absolute atomic E-state index is 0.0180. The van der Waals surface area contributed by atoms with Crippen molar-refractivity contribution < 1.29 is 19.1 Å². The first-order chi connectivity index (χ1) is 11.6. The number of hydrogen-bond acceptors (Lipinski definition) is 5. The van der Waals surface area contributed by atoms with Crippen molar-refractivity contribution in [3.05, 3.63) is 23.8 Å². The summed E-state index contributed by atoms with van der Waals surface area (Å²) in [7, 11) is 1.85. The second kappa shape index (κ2) is 7.85. The van der Waals surface area contributed by atoms with Crippen LogP contribution in [0.3, 0.4) is 0 Å². The molecule has 3 rings (SSSR count). The fourth-order valence-electron chi connectivity index (χ4n) is 2.98. The quantitative estimate of drug-likeness (QED) is 0.827. The van der Waals surface area contributed by atoms with E-state index >= 15 is 0 Å². The SMILES string of the molecule is CC(c1ccc2c(c1)OCCO2)N(C)C(=O)CCN1CCCCO1. The van der Waals surface area contributed by atoms with E-state index in [1.54, 1.807) is 4.90 Å². The molecular weight excluding hydrogens is 308 g/mol. The van der Waals surface area contributed by atoms with E-state index in [-0.39, 0.29) is 11.9 Å². The molecule has 0 bridgehead atoms. The highest BCUT2D eigenvalue weighted by molar-refractivity contribution is 5.76. The van der Waals surface area contributed by atoms with Crippen LogP contribution in [-0.4, -0.2) is 55.8 Å². The van der Waals surface area contributed by atoms with Gasteiger partial charge in [0.2, 0.25) is 5.91 Å². The smallest absolute Gasteiger partial charge is 0.224 e. The molecule has 0 N–H and O–H groups in total. The lowest BCUT2D eigenvalue weighted by Crippen LogP contribution is -2.36. The maximum atomic E-state index is 12.5. The summed E-state index contributed by atoms with van der Waals surface area (Å²) in [6.45, 7) is 5.50. The molecule has 0 aromatic heterocycles. The third-order valence-electron chi connectivity index (χ3n) is 4.67. The second-order valence-electron chi connectivity index (χ2n) is 6.30. The van der Waals surface area contributed by atoms with Gasteiger partial charge in [0.25, 0.3) is 0 Å². The summed E-state index contributed by atoms with van der Waals surface area (Å²) in [5.74, 6) is 1.65. The van der Waals surface area contributed by atoms with Crippen LogP contribution < -0.4 is 9.47 Å². The average Bonchev–Trinajstić information content (AvgIpc) is 2.65. The highest BCUT2D eigenvalue weighted by Crippen LogP contribution is 2.33. The molecule has 2 aliphatic rings. The van der Waals surface area contributed by atoms with Crippen LogP contribution in [-0.2, 0) is 9.63 Å². The largest absolute Gasteiger partial charge is 0.486 e. The number of hydrogen-bond donors (Lipinski definition) is 0. The third-order valence-corrected chi connectivity index (χ3v) is 4.67. The number of carbonyl (C=O) groups is 1. The first-order valence-corrected chi connectivity index (χ1v) is 8.68. The van der Waals surface area contributed by atoms with Crippen molar-refractivity contribution in [3.63, 3.8) is 0 Å². The summed E-state index contributed by atoms with van der Waals surface area (Å²) in [4.78, 5) is 19.8. The molecule has 6 nitrogen and oxygen atoms in total. The standard InChI is InChI=1S/C18H26N2O4/c1-14(15-5-6-16-17(13-15)23-12-11-22-16)19(2)18(21)7-9-20-8-3-4-10-24-20/h5-6,13-14H,3-4,7-12H2,1-2H3. The normalized spacial score (nSPS) is 18.9. The number of hydroxylamine groups is 2. The van der Waals surface area contributed by atoms with Gasteiger partial charge in [-0.25, -0.2) is 0 Å². The second-order valence-corrected chi connectivity index (χ2v) is 6.30. The lowest BCUT2D eigenvalue weighted by atomic mass is 10.1. The van der Waals surface area contributed by atoms with Crippen molar-refractivity contribution in [1.29, 1.82) is 0 Å². The Morgan fingerprint density at radius 1 is 1.21 bits per heavy atom. The van der Waals surface area contributed by atoms with Crippen LogP contribution in [0.4, 0.5) is 0 Å². The summed E-state index contributed by atoms with van der Waals surface area (Å²) in [6.07, 6.45) is 2.70. The molecule has 1 saturated heterocycles. The fraction of sp³-hybridized carbons (Fsp3) is 0.611. The lowest BCUT2D eigenvalue weighted by Gasteiger charge is -2.29. The molecule has 0 aliphatic carbocycles. The van der Waals surface area contributed by atoms with Gasteiger partial charge in [0, 0.05) is 26.6 Å². The Hall–Kier alpha value is -1.79. The van der Waals surface area contributed by atoms with Crippen molar-refractivity contribution in [3.8, 4) is 11.5 Å². The molecule has 0 radical (unpaired) electrons. The fourth-order valence-corrected chi connectivity index (χ4v) is 2.98. The molecule has 1 fully saturated rings. The van der Waals surface area contributed by atoms with Crippen LogP contribution in [0.1, 0.15) is 37.8 Å². The van der Waals surface area contributed by atoms with Crippen LogP contribution in [0.15, 0.2) is 18.2 Å². The van der Waals surface area contributed by atoms with Crippen LogP contribution in [0.5, 0.6) is 11.5 Å². The van der Waals surface area contributed by atoms with Gasteiger partial charge >= 0.3 is 0 Å². The first kappa shape index (κ1) is 17.0. The van der Waals surface area contributed by atoms with Gasteiger partial charge in [0.05, 0.1) is 12.6 Å². The van der Waals surface area contributed by atoms with E-state index < -0.39 is 0 Å². The predicted molar refractivity (Wildman–Crippen MR) is 90.0 cm³/mol. The van der Waals surface area contributed by atoms with Gasteiger partial charge in [-0.2, -0.15) is 5.06 Å². The molecule has 1 amide bonds. The van der Waals surface area contributed by atoms with Gasteiger partial charge in [-0.05, 0) is 37.5 Å². The van der Waals surface area contributed by atoms with Crippen molar-refractivity contribution in [2.24, 2.45) is 0 Å². The molecule has 0 spiro atoms. The molecule has 2 aliphatic heterocycles. The zero-order valence-corrected chi connectivity index (χ0v) is 14.5. The highest BCUT2D eigenvalue weighted by atomic mass is 16.7. The number of carbonyl (C=O) groups excluding carboxylic acids is 1. The Morgan fingerprint density at radius 2 is 2.00 bits per heavy atom. The number of rotatable bonds is 5. The number of fused-ring (bicyclic) bond motifs is 1. The average molecular weight is 334 g/mol. The van der Waals surface area contributed by atoms with E-state index in [1.165, 1.54) is 0 Å². The zero-order valence-electron chi connectivity index (χ0n) is 14.5. The Balaban J connectivity index is 1.57. The van der Waals surface area contributed by atoms with Crippen LogP contribution in [0, 0.1) is 0 Å². The van der Waals surface area contributed by atoms with Crippen molar-refractivity contribution in [2.45, 2.75) is 32.2 Å². The predicted octanol–water partition coefficient (Wildman–Crippen LogP) is 2.39. The Labute approximate surface area is 143 Å². The molecule has 1 atom stereocenters. The molecule has 24 heavy (non-hydrogen) atoms. The van der Waals surface area contributed by atoms with Crippen molar-refractivity contribution >= 4 is 5.91 Å². The molecule has 0 saturated carbocycles. The molecule has 2 heterocycles. The Morgan fingerprint density at radius 3 is 2.75 bits per heavy atom. The number of ether oxygens (including phenoxy) is 2. The lowest BCUT2D eigenvalue weighted by molar-refractivity contribution is -0.182. The minimum Gasteiger partial charge on any atom is -0.486 e. The van der Waals surface area contributed by atoms with E-state index in [2.05, 4.69) is 0 Å². The molecule has 132 valence electrons. The van der Waals surface area contributed by atoms with E-state index in [4.69, 9.17) is 14.3 Å². The van der Waals surface area contributed by atoms with Gasteiger partial charge in [-0.3, -0.25) is 9.63 Å². The summed E-state index contributed by atoms with van der Waals surface area (Å²) in [5, 5.41) is 1.91. The molecule has 1 aromatic carbocycles. The third kappa shape index (κ3) is 3.99. The molecular formula is C18H26N2O4. The van der Waals surface area contributed by atoms with Crippen molar-refractivity contribution in [2.75, 3.05) is 40.0 Å². The van der Waals surface area contributed by atoms with Gasteiger partial charge in [0.1, 0.15) is 13.2 Å². The minimum atomic E-state index is -0.0180. The van der Waals surface area contributed by atoms with Crippen LogP contribution >= 0.6 is 0 Å². The topological polar surface area (TPSA) is 51.2 Å². The maximum absolute atomic E-state index is 12.5. The monoisotopic (exact) mass is 334 g/mol. The molecule has 6 heteroatoms. The maximum Gasteiger partial charge on any atom is 0.224 e. The van der Waals surface area contributed by atoms with Gasteiger partial charge in [-0.15, -0.1) is 0 Å². The van der Waals surface area contributed by atoms with Gasteiger partial charge in [-0.1, -0.05) is 6.07 Å². The zero-order chi connectivity index (χ0) is 16.9. The van der Waals surface area contributed by atoms with Crippen LogP contribution in [0.25, 0.3) is 0 Å². The summed E-state index contributed by atoms with van der Waals surface area (Å²) < 4.78 is 11.2. The Kier molecular flexibility index (Phi) is 5.58. The van der Waals surface area contributed by atoms with Gasteiger partial charge in [0.15, 0.2) is 11.5 Å². The van der Waals surface area contributed by atoms with Gasteiger partial charge < -0.3 is 14.4 Å². The highest BCUT2D eigenvalue weighted by Gasteiger charge is 2.21. The van der Waals surface area contributed by atoms with Crippen LogP contribution in [0.2, 0.25) is 0 Å². The van der Waals surface area contributed by atoms with E-state index in [0.717, 1.165) is 43.1 Å².